The number of nitrogens with zero attached hydrogens (tertiary/aromatic N) is 2. The van der Waals surface area contributed by atoms with Crippen LogP contribution in [-0.2, 0) is 0 Å². The van der Waals surface area contributed by atoms with Crippen LogP contribution in [0.2, 0.25) is 0 Å². The average Bonchev–Trinajstić information content (AvgIpc) is 3.13. The Balaban J connectivity index is 1.63. The zero-order valence-electron chi connectivity index (χ0n) is 15.1. The van der Waals surface area contributed by atoms with Gasteiger partial charge in [0.2, 0.25) is 0 Å². The number of fused-ring (bicyclic) bond motifs is 1. The fourth-order valence-electron chi connectivity index (χ4n) is 2.70. The fraction of sp³-hybridized carbons (Fsp3) is 0.0500. The van der Waals surface area contributed by atoms with Gasteiger partial charge in [-0.25, -0.2) is 4.39 Å². The molecule has 0 aliphatic carbocycles. The molecule has 0 fully saturated rings. The van der Waals surface area contributed by atoms with Crippen molar-refractivity contribution >= 4 is 37.9 Å². The van der Waals surface area contributed by atoms with Gasteiger partial charge in [0.1, 0.15) is 11.5 Å². The van der Waals surface area contributed by atoms with Crippen molar-refractivity contribution in [1.29, 1.82) is 0 Å². The number of ether oxygens (including phenoxy) is 2. The number of non-ortho nitro benzene ring substituents is 1. The molecule has 146 valence electrons. The van der Waals surface area contributed by atoms with E-state index in [1.54, 1.807) is 19.4 Å². The normalized spacial score (nSPS) is 10.7. The maximum absolute atomic E-state index is 14.2. The highest BCUT2D eigenvalue weighted by atomic mass is 32.1. The molecule has 0 saturated heterocycles. The zero-order chi connectivity index (χ0) is 20.4. The first-order valence-electron chi connectivity index (χ1n) is 8.45. The molecular weight excluding hydrogens is 397 g/mol. The molecule has 0 amide bonds. The molecule has 0 atom stereocenters. The maximum Gasteiger partial charge on any atom is 0.272 e. The molecule has 2 heterocycles. The highest BCUT2D eigenvalue weighted by Gasteiger charge is 2.15. The van der Waals surface area contributed by atoms with Gasteiger partial charge in [-0.05, 0) is 24.3 Å². The molecule has 1 N–H and O–H groups in total. The summed E-state index contributed by atoms with van der Waals surface area (Å²) >= 11 is 1.40. The SMILES string of the molecule is COc1cccc(Nc2cc3nccc(Oc4ccc([N+](=O)[O-])cc4F)c3s2)c1. The lowest BCUT2D eigenvalue weighted by atomic mass is 10.3. The number of benzene rings is 2. The Morgan fingerprint density at radius 2 is 2.00 bits per heavy atom. The number of nitro benzene ring substituents is 1. The Labute approximate surface area is 168 Å². The third-order valence-corrected chi connectivity index (χ3v) is 5.11. The van der Waals surface area contributed by atoms with Crippen molar-refractivity contribution in [1.82, 2.24) is 4.98 Å². The number of methoxy groups -OCH3 is 1. The summed E-state index contributed by atoms with van der Waals surface area (Å²) in [7, 11) is 1.60. The molecule has 2 aromatic carbocycles. The summed E-state index contributed by atoms with van der Waals surface area (Å²) in [5.74, 6) is 0.229. The van der Waals surface area contributed by atoms with E-state index in [9.17, 15) is 14.5 Å². The standard InChI is InChI=1S/C20H14FN3O4S/c1-27-14-4-2-3-12(9-14)23-19-11-16-20(29-19)18(7-8-22-16)28-17-6-5-13(24(25)26)10-15(17)21/h2-11,23H,1H3. The van der Waals surface area contributed by atoms with Crippen molar-refractivity contribution in [3.05, 3.63) is 76.7 Å². The van der Waals surface area contributed by atoms with Gasteiger partial charge >= 0.3 is 0 Å². The minimum Gasteiger partial charge on any atom is -0.497 e. The van der Waals surface area contributed by atoms with Gasteiger partial charge in [-0.3, -0.25) is 15.1 Å². The first-order chi connectivity index (χ1) is 14.0. The van der Waals surface area contributed by atoms with Crippen LogP contribution in [0.3, 0.4) is 0 Å². The number of aromatic nitrogens is 1. The van der Waals surface area contributed by atoms with Crippen LogP contribution in [0.1, 0.15) is 0 Å². The number of pyridine rings is 1. The van der Waals surface area contributed by atoms with Crippen LogP contribution in [-0.4, -0.2) is 17.0 Å². The first-order valence-corrected chi connectivity index (χ1v) is 9.26. The second-order valence-electron chi connectivity index (χ2n) is 5.96. The van der Waals surface area contributed by atoms with Gasteiger partial charge in [-0.2, -0.15) is 0 Å². The van der Waals surface area contributed by atoms with Crippen LogP contribution < -0.4 is 14.8 Å². The molecule has 4 aromatic rings. The van der Waals surface area contributed by atoms with Crippen molar-refractivity contribution in [2.75, 3.05) is 12.4 Å². The van der Waals surface area contributed by atoms with Crippen molar-refractivity contribution in [3.8, 4) is 17.2 Å². The molecule has 0 aliphatic heterocycles. The molecule has 0 saturated carbocycles. The maximum atomic E-state index is 14.2. The molecule has 2 aromatic heterocycles. The Kier molecular flexibility index (Phi) is 4.96. The number of nitrogens with one attached hydrogen (secondary N) is 1. The Hall–Kier alpha value is -3.72. The van der Waals surface area contributed by atoms with Gasteiger partial charge in [0.25, 0.3) is 5.69 Å². The minimum absolute atomic E-state index is 0.0983. The van der Waals surface area contributed by atoms with Crippen molar-refractivity contribution in [2.45, 2.75) is 0 Å². The molecule has 0 aliphatic rings. The third kappa shape index (κ3) is 3.94. The predicted octanol–water partition coefficient (Wildman–Crippen LogP) is 5.89. The number of hydrogen-bond donors (Lipinski definition) is 1. The van der Waals surface area contributed by atoms with Crippen LogP contribution >= 0.6 is 11.3 Å². The first kappa shape index (κ1) is 18.6. The smallest absolute Gasteiger partial charge is 0.272 e. The van der Waals surface area contributed by atoms with Crippen molar-refractivity contribution < 1.29 is 18.8 Å². The van der Waals surface area contributed by atoms with Crippen molar-refractivity contribution in [3.63, 3.8) is 0 Å². The lowest BCUT2D eigenvalue weighted by molar-refractivity contribution is -0.385. The summed E-state index contributed by atoms with van der Waals surface area (Å²) in [4.78, 5) is 14.4. The average molecular weight is 411 g/mol. The van der Waals surface area contributed by atoms with Crippen LogP contribution in [0.25, 0.3) is 10.2 Å². The molecule has 0 bridgehead atoms. The fourth-order valence-corrected chi connectivity index (χ4v) is 3.69. The Bertz CT molecular complexity index is 1210. The van der Waals surface area contributed by atoms with Gasteiger partial charge in [0, 0.05) is 30.1 Å². The topological polar surface area (TPSA) is 86.5 Å². The Morgan fingerprint density at radius 1 is 1.14 bits per heavy atom. The number of hydrogen-bond acceptors (Lipinski definition) is 7. The highest BCUT2D eigenvalue weighted by Crippen LogP contribution is 2.39. The van der Waals surface area contributed by atoms with E-state index < -0.39 is 10.7 Å². The highest BCUT2D eigenvalue weighted by molar-refractivity contribution is 7.23. The van der Waals surface area contributed by atoms with Crippen molar-refractivity contribution in [2.24, 2.45) is 0 Å². The monoisotopic (exact) mass is 411 g/mol. The summed E-state index contributed by atoms with van der Waals surface area (Å²) in [6, 6.07) is 14.2. The minimum atomic E-state index is -0.810. The van der Waals surface area contributed by atoms with Gasteiger partial charge in [-0.1, -0.05) is 6.07 Å². The number of halogens is 1. The Morgan fingerprint density at radius 3 is 2.76 bits per heavy atom. The number of nitro groups is 1. The van der Waals surface area contributed by atoms with E-state index in [1.807, 2.05) is 30.3 Å². The summed E-state index contributed by atoms with van der Waals surface area (Å²) in [6.07, 6.45) is 1.56. The van der Waals surface area contributed by atoms with Crippen LogP contribution in [0, 0.1) is 15.9 Å². The van der Waals surface area contributed by atoms with Gasteiger partial charge in [0.15, 0.2) is 11.6 Å². The zero-order valence-corrected chi connectivity index (χ0v) is 15.9. The van der Waals surface area contributed by atoms with Crippen LogP contribution in [0.4, 0.5) is 20.8 Å². The van der Waals surface area contributed by atoms with E-state index in [1.165, 1.54) is 23.5 Å². The summed E-state index contributed by atoms with van der Waals surface area (Å²) in [6.45, 7) is 0. The van der Waals surface area contributed by atoms with Gasteiger partial charge in [-0.15, -0.1) is 11.3 Å². The predicted molar refractivity (Wildman–Crippen MR) is 109 cm³/mol. The third-order valence-electron chi connectivity index (χ3n) is 4.06. The number of thiophene rings is 1. The second-order valence-corrected chi connectivity index (χ2v) is 7.02. The van der Waals surface area contributed by atoms with E-state index >= 15 is 0 Å². The van der Waals surface area contributed by atoms with Gasteiger partial charge in [0.05, 0.1) is 33.3 Å². The summed E-state index contributed by atoms with van der Waals surface area (Å²) < 4.78 is 25.8. The molecule has 0 unspecified atom stereocenters. The second kappa shape index (κ2) is 7.72. The molecule has 7 nitrogen and oxygen atoms in total. The van der Waals surface area contributed by atoms with E-state index in [2.05, 4.69) is 10.3 Å². The molecule has 29 heavy (non-hydrogen) atoms. The summed E-state index contributed by atoms with van der Waals surface area (Å²) in [5.41, 5.74) is 1.19. The van der Waals surface area contributed by atoms with E-state index in [0.29, 0.717) is 11.3 Å². The van der Waals surface area contributed by atoms with E-state index in [0.717, 1.165) is 27.2 Å². The van der Waals surface area contributed by atoms with Crippen LogP contribution in [0.5, 0.6) is 17.2 Å². The van der Waals surface area contributed by atoms with Gasteiger partial charge < -0.3 is 14.8 Å². The van der Waals surface area contributed by atoms with Crippen LogP contribution in [0.15, 0.2) is 60.8 Å². The number of anilines is 2. The molecule has 0 spiro atoms. The van der Waals surface area contributed by atoms with E-state index in [4.69, 9.17) is 9.47 Å². The van der Waals surface area contributed by atoms with E-state index in [-0.39, 0.29) is 11.4 Å². The quantitative estimate of drug-likeness (QED) is 0.315. The molecule has 4 rings (SSSR count). The molecule has 0 radical (unpaired) electrons. The summed E-state index contributed by atoms with van der Waals surface area (Å²) in [5, 5.41) is 14.9. The molecular formula is C20H14FN3O4S. The largest absolute Gasteiger partial charge is 0.497 e. The molecule has 9 heteroatoms. The lowest BCUT2D eigenvalue weighted by Crippen LogP contribution is -1.92. The number of rotatable bonds is 6. The lowest BCUT2D eigenvalue weighted by Gasteiger charge is -2.07.